The molecule has 0 radical (unpaired) electrons. The smallest absolute Gasteiger partial charge is 0.0670 e. The fourth-order valence-electron chi connectivity index (χ4n) is 2.48. The Hall–Kier alpha value is -0.0800. The first kappa shape index (κ1) is 14.0. The SMILES string of the molecule is CCCCCCCCC1(O)CCCOCC1. The van der Waals surface area contributed by atoms with Crippen molar-refractivity contribution in [1.29, 1.82) is 0 Å². The molecule has 1 saturated heterocycles. The lowest BCUT2D eigenvalue weighted by Crippen LogP contribution is -2.28. The van der Waals surface area contributed by atoms with Gasteiger partial charge in [-0.3, -0.25) is 0 Å². The van der Waals surface area contributed by atoms with E-state index >= 15 is 0 Å². The van der Waals surface area contributed by atoms with E-state index in [0.717, 1.165) is 38.9 Å². The van der Waals surface area contributed by atoms with E-state index in [4.69, 9.17) is 4.74 Å². The molecule has 1 unspecified atom stereocenters. The molecule has 1 atom stereocenters. The average Bonchev–Trinajstić information content (AvgIpc) is 2.49. The minimum absolute atomic E-state index is 0.415. The lowest BCUT2D eigenvalue weighted by atomic mass is 9.89. The fourth-order valence-corrected chi connectivity index (χ4v) is 2.48. The Labute approximate surface area is 100 Å². The van der Waals surface area contributed by atoms with Crippen LogP contribution in [0.2, 0.25) is 0 Å². The van der Waals surface area contributed by atoms with Crippen LogP contribution in [0.25, 0.3) is 0 Å². The van der Waals surface area contributed by atoms with E-state index in [-0.39, 0.29) is 0 Å². The van der Waals surface area contributed by atoms with Crippen LogP contribution >= 0.6 is 0 Å². The van der Waals surface area contributed by atoms with Crippen molar-refractivity contribution < 1.29 is 9.84 Å². The maximum atomic E-state index is 10.4. The summed E-state index contributed by atoms with van der Waals surface area (Å²) in [5.74, 6) is 0. The van der Waals surface area contributed by atoms with Crippen molar-refractivity contribution in [2.45, 2.75) is 76.7 Å². The number of hydrogen-bond acceptors (Lipinski definition) is 2. The van der Waals surface area contributed by atoms with Crippen LogP contribution in [0.4, 0.5) is 0 Å². The lowest BCUT2D eigenvalue weighted by Gasteiger charge is -2.25. The third kappa shape index (κ3) is 5.86. The molecule has 0 aliphatic carbocycles. The van der Waals surface area contributed by atoms with E-state index in [1.807, 2.05) is 0 Å². The van der Waals surface area contributed by atoms with Crippen LogP contribution in [-0.4, -0.2) is 23.9 Å². The Kier molecular flexibility index (Phi) is 7.06. The molecule has 1 rings (SSSR count). The van der Waals surface area contributed by atoms with Gasteiger partial charge in [-0.15, -0.1) is 0 Å². The molecule has 1 fully saturated rings. The van der Waals surface area contributed by atoms with Crippen LogP contribution in [0.15, 0.2) is 0 Å². The van der Waals surface area contributed by atoms with Crippen LogP contribution in [0.3, 0.4) is 0 Å². The van der Waals surface area contributed by atoms with E-state index in [1.54, 1.807) is 0 Å². The molecule has 96 valence electrons. The molecule has 0 amide bonds. The third-order valence-corrected chi connectivity index (χ3v) is 3.64. The summed E-state index contributed by atoms with van der Waals surface area (Å²) >= 11 is 0. The van der Waals surface area contributed by atoms with Gasteiger partial charge in [-0.25, -0.2) is 0 Å². The first-order chi connectivity index (χ1) is 7.77. The molecule has 1 heterocycles. The molecule has 16 heavy (non-hydrogen) atoms. The highest BCUT2D eigenvalue weighted by Gasteiger charge is 2.27. The molecule has 1 aliphatic heterocycles. The third-order valence-electron chi connectivity index (χ3n) is 3.64. The Balaban J connectivity index is 2.05. The maximum absolute atomic E-state index is 10.4. The molecule has 0 aromatic carbocycles. The van der Waals surface area contributed by atoms with Gasteiger partial charge in [-0.05, 0) is 25.7 Å². The second kappa shape index (κ2) is 8.08. The molecule has 2 heteroatoms. The Morgan fingerprint density at radius 2 is 1.75 bits per heavy atom. The summed E-state index contributed by atoms with van der Waals surface area (Å²) in [6, 6.07) is 0. The van der Waals surface area contributed by atoms with Crippen molar-refractivity contribution in [2.24, 2.45) is 0 Å². The molecular weight excluding hydrogens is 200 g/mol. The summed E-state index contributed by atoms with van der Waals surface area (Å²) in [5, 5.41) is 10.4. The average molecular weight is 228 g/mol. The zero-order valence-electron chi connectivity index (χ0n) is 10.8. The van der Waals surface area contributed by atoms with E-state index in [9.17, 15) is 5.11 Å². The minimum atomic E-state index is -0.415. The molecule has 1 aliphatic rings. The van der Waals surface area contributed by atoms with Crippen molar-refractivity contribution in [3.8, 4) is 0 Å². The van der Waals surface area contributed by atoms with Gasteiger partial charge < -0.3 is 9.84 Å². The van der Waals surface area contributed by atoms with Crippen molar-refractivity contribution >= 4 is 0 Å². The summed E-state index contributed by atoms with van der Waals surface area (Å²) in [4.78, 5) is 0. The summed E-state index contributed by atoms with van der Waals surface area (Å²) in [5.41, 5.74) is -0.415. The number of unbranched alkanes of at least 4 members (excludes halogenated alkanes) is 5. The van der Waals surface area contributed by atoms with Crippen LogP contribution in [0, 0.1) is 0 Å². The standard InChI is InChI=1S/C14H28O2/c1-2-3-4-5-6-7-9-14(15)10-8-12-16-13-11-14/h15H,2-13H2,1H3. The first-order valence-electron chi connectivity index (χ1n) is 7.07. The largest absolute Gasteiger partial charge is 0.390 e. The minimum Gasteiger partial charge on any atom is -0.390 e. The monoisotopic (exact) mass is 228 g/mol. The Morgan fingerprint density at radius 1 is 1.00 bits per heavy atom. The summed E-state index contributed by atoms with van der Waals surface area (Å²) in [7, 11) is 0. The molecule has 0 spiro atoms. The summed E-state index contributed by atoms with van der Waals surface area (Å²) < 4.78 is 5.39. The fraction of sp³-hybridized carbons (Fsp3) is 1.00. The van der Waals surface area contributed by atoms with Crippen molar-refractivity contribution in [3.63, 3.8) is 0 Å². The molecule has 0 aromatic rings. The van der Waals surface area contributed by atoms with Crippen molar-refractivity contribution in [3.05, 3.63) is 0 Å². The van der Waals surface area contributed by atoms with Crippen molar-refractivity contribution in [2.75, 3.05) is 13.2 Å². The van der Waals surface area contributed by atoms with Gasteiger partial charge >= 0.3 is 0 Å². The molecule has 0 aromatic heterocycles. The predicted octanol–water partition coefficient (Wildman–Crippen LogP) is 3.67. The van der Waals surface area contributed by atoms with Gasteiger partial charge in [-0.1, -0.05) is 45.4 Å². The summed E-state index contributed by atoms with van der Waals surface area (Å²) in [6.07, 6.45) is 11.6. The van der Waals surface area contributed by atoms with Gasteiger partial charge in [0.2, 0.25) is 0 Å². The van der Waals surface area contributed by atoms with Gasteiger partial charge in [0, 0.05) is 13.2 Å². The zero-order chi connectivity index (χ0) is 11.7. The second-order valence-corrected chi connectivity index (χ2v) is 5.21. The van der Waals surface area contributed by atoms with E-state index in [1.165, 1.54) is 38.5 Å². The van der Waals surface area contributed by atoms with Crippen LogP contribution in [-0.2, 0) is 4.74 Å². The predicted molar refractivity (Wildman–Crippen MR) is 67.6 cm³/mol. The highest BCUT2D eigenvalue weighted by Crippen LogP contribution is 2.27. The Bertz CT molecular complexity index is 160. The highest BCUT2D eigenvalue weighted by atomic mass is 16.5. The quantitative estimate of drug-likeness (QED) is 0.674. The van der Waals surface area contributed by atoms with Crippen LogP contribution < -0.4 is 0 Å². The molecule has 2 nitrogen and oxygen atoms in total. The number of rotatable bonds is 7. The van der Waals surface area contributed by atoms with Gasteiger partial charge in [-0.2, -0.15) is 0 Å². The molecular formula is C14H28O2. The van der Waals surface area contributed by atoms with Crippen LogP contribution in [0.5, 0.6) is 0 Å². The molecule has 0 saturated carbocycles. The van der Waals surface area contributed by atoms with Gasteiger partial charge in [0.1, 0.15) is 0 Å². The van der Waals surface area contributed by atoms with E-state index < -0.39 is 5.60 Å². The number of aliphatic hydroxyl groups is 1. The summed E-state index contributed by atoms with van der Waals surface area (Å²) in [6.45, 7) is 3.82. The van der Waals surface area contributed by atoms with Gasteiger partial charge in [0.05, 0.1) is 5.60 Å². The lowest BCUT2D eigenvalue weighted by molar-refractivity contribution is 0.00844. The zero-order valence-corrected chi connectivity index (χ0v) is 10.8. The Morgan fingerprint density at radius 3 is 2.56 bits per heavy atom. The second-order valence-electron chi connectivity index (χ2n) is 5.21. The van der Waals surface area contributed by atoms with Crippen molar-refractivity contribution in [1.82, 2.24) is 0 Å². The van der Waals surface area contributed by atoms with Gasteiger partial charge in [0.15, 0.2) is 0 Å². The van der Waals surface area contributed by atoms with E-state index in [2.05, 4.69) is 6.92 Å². The topological polar surface area (TPSA) is 29.5 Å². The highest BCUT2D eigenvalue weighted by molar-refractivity contribution is 4.79. The van der Waals surface area contributed by atoms with Gasteiger partial charge in [0.25, 0.3) is 0 Å². The molecule has 1 N–H and O–H groups in total. The normalized spacial score (nSPS) is 26.6. The number of ether oxygens (including phenoxy) is 1. The molecule has 0 bridgehead atoms. The van der Waals surface area contributed by atoms with Crippen LogP contribution in [0.1, 0.15) is 71.1 Å². The maximum Gasteiger partial charge on any atom is 0.0670 e. The number of hydrogen-bond donors (Lipinski definition) is 1. The van der Waals surface area contributed by atoms with E-state index in [0.29, 0.717) is 0 Å². The first-order valence-corrected chi connectivity index (χ1v) is 7.07.